The lowest BCUT2D eigenvalue weighted by Crippen LogP contribution is -2.48. The smallest absolute Gasteiger partial charge is 0.259 e. The minimum absolute atomic E-state index is 0. The fourth-order valence-electron chi connectivity index (χ4n) is 5.60. The van der Waals surface area contributed by atoms with Gasteiger partial charge in [-0.15, -0.1) is 0 Å². The van der Waals surface area contributed by atoms with Crippen LogP contribution in [0, 0.1) is 18.3 Å². The Balaban J connectivity index is 0.00000353. The summed E-state index contributed by atoms with van der Waals surface area (Å²) in [5.41, 5.74) is 4.09. The number of carbonyl (C=O) groups excluding carboxylic acids is 1. The highest BCUT2D eigenvalue weighted by atomic mass is 35.5. The standard InChI is InChI=1S/C29H33ClN6O2.H2O/c1-20-27(19-32-36(20)25-6-3-22(30)4-7-25)29(37)33-23-5-8-28(21(17-23)18-31)35-13-9-24(10-14-35)34-15-11-26(38-2)12-16-34;/h3-8,17,19,24,26H,9-16H2,1-2H3,(H,33,37);1H2. The monoisotopic (exact) mass is 550 g/mol. The number of nitrogens with one attached hydrogen (secondary N) is 1. The molecule has 206 valence electrons. The van der Waals surface area contributed by atoms with Crippen molar-refractivity contribution < 1.29 is 15.0 Å². The summed E-state index contributed by atoms with van der Waals surface area (Å²) in [6.07, 6.45) is 6.32. The van der Waals surface area contributed by atoms with Crippen LogP contribution in [0.5, 0.6) is 0 Å². The summed E-state index contributed by atoms with van der Waals surface area (Å²) in [7, 11) is 1.81. The molecular weight excluding hydrogens is 516 g/mol. The molecule has 0 aliphatic carbocycles. The van der Waals surface area contributed by atoms with Crippen molar-refractivity contribution >= 4 is 28.9 Å². The van der Waals surface area contributed by atoms with Gasteiger partial charge in [-0.25, -0.2) is 4.68 Å². The van der Waals surface area contributed by atoms with E-state index in [1.54, 1.807) is 36.2 Å². The molecule has 3 heterocycles. The van der Waals surface area contributed by atoms with Crippen molar-refractivity contribution in [3.8, 4) is 11.8 Å². The van der Waals surface area contributed by atoms with Crippen LogP contribution in [0.15, 0.2) is 48.7 Å². The Hall–Kier alpha value is -3.42. The van der Waals surface area contributed by atoms with Crippen LogP contribution < -0.4 is 10.2 Å². The van der Waals surface area contributed by atoms with E-state index in [1.807, 2.05) is 31.2 Å². The molecule has 2 aliphatic heterocycles. The number of carbonyl (C=O) groups is 1. The number of ether oxygens (including phenoxy) is 1. The van der Waals surface area contributed by atoms with E-state index < -0.39 is 0 Å². The molecule has 0 atom stereocenters. The predicted molar refractivity (Wildman–Crippen MR) is 153 cm³/mol. The average Bonchev–Trinajstić information content (AvgIpc) is 3.34. The molecule has 3 aromatic rings. The number of aromatic nitrogens is 2. The minimum Gasteiger partial charge on any atom is -0.412 e. The van der Waals surface area contributed by atoms with Crippen LogP contribution in [0.25, 0.3) is 5.69 Å². The van der Waals surface area contributed by atoms with Gasteiger partial charge in [-0.2, -0.15) is 10.4 Å². The first-order chi connectivity index (χ1) is 18.5. The molecule has 39 heavy (non-hydrogen) atoms. The van der Waals surface area contributed by atoms with Gasteiger partial charge in [0.15, 0.2) is 0 Å². The third-order valence-electron chi connectivity index (χ3n) is 7.83. The van der Waals surface area contributed by atoms with Crippen molar-refractivity contribution in [1.82, 2.24) is 14.7 Å². The zero-order chi connectivity index (χ0) is 26.6. The van der Waals surface area contributed by atoms with Gasteiger partial charge < -0.3 is 25.3 Å². The fraction of sp³-hybridized carbons (Fsp3) is 0.414. The first-order valence-electron chi connectivity index (χ1n) is 13.1. The summed E-state index contributed by atoms with van der Waals surface area (Å²) < 4.78 is 7.22. The normalized spacial score (nSPS) is 16.9. The molecule has 0 radical (unpaired) electrons. The third kappa shape index (κ3) is 6.26. The van der Waals surface area contributed by atoms with Crippen LogP contribution in [-0.2, 0) is 4.74 Å². The van der Waals surface area contributed by atoms with E-state index in [0.29, 0.717) is 34.0 Å². The highest BCUT2D eigenvalue weighted by molar-refractivity contribution is 6.30. The van der Waals surface area contributed by atoms with Crippen LogP contribution in [0.2, 0.25) is 5.02 Å². The number of nitrogens with zero attached hydrogens (tertiary/aromatic N) is 5. The minimum atomic E-state index is -0.266. The Labute approximate surface area is 234 Å². The van der Waals surface area contributed by atoms with Crippen LogP contribution >= 0.6 is 11.6 Å². The molecule has 2 fully saturated rings. The highest BCUT2D eigenvalue weighted by Crippen LogP contribution is 2.29. The second kappa shape index (κ2) is 12.6. The number of hydrogen-bond donors (Lipinski definition) is 1. The number of piperidine rings is 2. The van der Waals surface area contributed by atoms with Gasteiger partial charge in [0.05, 0.1) is 40.5 Å². The molecule has 2 saturated heterocycles. The summed E-state index contributed by atoms with van der Waals surface area (Å²) in [5, 5.41) is 17.8. The maximum atomic E-state index is 13.1. The summed E-state index contributed by atoms with van der Waals surface area (Å²) in [6.45, 7) is 5.87. The summed E-state index contributed by atoms with van der Waals surface area (Å²) in [4.78, 5) is 18.0. The van der Waals surface area contributed by atoms with Crippen LogP contribution in [0.4, 0.5) is 11.4 Å². The van der Waals surface area contributed by atoms with Crippen LogP contribution in [0.3, 0.4) is 0 Å². The number of halogens is 1. The van der Waals surface area contributed by atoms with Crippen molar-refractivity contribution in [3.63, 3.8) is 0 Å². The van der Waals surface area contributed by atoms with Crippen molar-refractivity contribution in [2.24, 2.45) is 0 Å². The van der Waals surface area contributed by atoms with Crippen LogP contribution in [-0.4, -0.2) is 71.5 Å². The molecule has 0 unspecified atom stereocenters. The van der Waals surface area contributed by atoms with Gasteiger partial charge >= 0.3 is 0 Å². The SMILES string of the molecule is COC1CCN(C2CCN(c3ccc(NC(=O)c4cnn(-c5ccc(Cl)cc5)c4C)cc3C#N)CC2)CC1.O. The van der Waals surface area contributed by atoms with Gasteiger partial charge in [0.25, 0.3) is 5.91 Å². The molecule has 1 amide bonds. The molecule has 1 aromatic heterocycles. The lowest BCUT2D eigenvalue weighted by atomic mass is 9.98. The second-order valence-corrected chi connectivity index (χ2v) is 10.5. The number of anilines is 2. The quantitative estimate of drug-likeness (QED) is 0.491. The Morgan fingerprint density at radius 3 is 2.41 bits per heavy atom. The second-order valence-electron chi connectivity index (χ2n) is 10.0. The van der Waals surface area contributed by atoms with Gasteiger partial charge in [0, 0.05) is 50.0 Å². The molecular formula is C29H35ClN6O3. The van der Waals surface area contributed by atoms with Crippen LogP contribution in [0.1, 0.15) is 47.3 Å². The molecule has 3 N–H and O–H groups in total. The zero-order valence-corrected chi connectivity index (χ0v) is 23.1. The maximum absolute atomic E-state index is 13.1. The maximum Gasteiger partial charge on any atom is 0.259 e. The number of rotatable bonds is 6. The van der Waals surface area contributed by atoms with E-state index in [9.17, 15) is 10.1 Å². The first-order valence-corrected chi connectivity index (χ1v) is 13.5. The van der Waals surface area contributed by atoms with E-state index in [-0.39, 0.29) is 11.4 Å². The summed E-state index contributed by atoms with van der Waals surface area (Å²) in [5.74, 6) is -0.266. The molecule has 9 nitrogen and oxygen atoms in total. The summed E-state index contributed by atoms with van der Waals surface area (Å²) >= 11 is 5.99. The van der Waals surface area contributed by atoms with Gasteiger partial charge in [-0.05, 0) is 75.1 Å². The largest absolute Gasteiger partial charge is 0.412 e. The fourth-order valence-corrected chi connectivity index (χ4v) is 5.73. The Kier molecular flexibility index (Phi) is 9.25. The van der Waals surface area contributed by atoms with E-state index in [1.165, 1.54) is 0 Å². The number of benzene rings is 2. The van der Waals surface area contributed by atoms with Gasteiger partial charge in [-0.1, -0.05) is 11.6 Å². The van der Waals surface area contributed by atoms with Gasteiger partial charge in [0.1, 0.15) is 6.07 Å². The van der Waals surface area contributed by atoms with Gasteiger partial charge in [0.2, 0.25) is 0 Å². The molecule has 0 saturated carbocycles. The van der Waals surface area contributed by atoms with E-state index >= 15 is 0 Å². The van der Waals surface area contributed by atoms with E-state index in [4.69, 9.17) is 16.3 Å². The molecule has 5 rings (SSSR count). The van der Waals surface area contributed by atoms with Crippen molar-refractivity contribution in [1.29, 1.82) is 5.26 Å². The Bertz CT molecular complexity index is 1320. The molecule has 2 aromatic carbocycles. The Morgan fingerprint density at radius 1 is 1.08 bits per heavy atom. The molecule has 2 aliphatic rings. The first kappa shape index (κ1) is 28.6. The van der Waals surface area contributed by atoms with E-state index in [0.717, 1.165) is 68.9 Å². The number of nitriles is 1. The topological polar surface area (TPSA) is 118 Å². The van der Waals surface area contributed by atoms with Crippen molar-refractivity contribution in [2.45, 2.75) is 44.8 Å². The molecule has 10 heteroatoms. The van der Waals surface area contributed by atoms with Crippen molar-refractivity contribution in [2.75, 3.05) is 43.5 Å². The summed E-state index contributed by atoms with van der Waals surface area (Å²) in [6, 6.07) is 15.8. The number of likely N-dealkylation sites (tertiary alicyclic amines) is 1. The van der Waals surface area contributed by atoms with E-state index in [2.05, 4.69) is 26.3 Å². The zero-order valence-electron chi connectivity index (χ0n) is 22.4. The van der Waals surface area contributed by atoms with Gasteiger partial charge in [-0.3, -0.25) is 4.79 Å². The molecule has 0 spiro atoms. The predicted octanol–water partition coefficient (Wildman–Crippen LogP) is 4.21. The highest BCUT2D eigenvalue weighted by Gasteiger charge is 2.29. The van der Waals surface area contributed by atoms with Crippen molar-refractivity contribution in [3.05, 3.63) is 70.5 Å². The average molecular weight is 551 g/mol. The number of amides is 1. The molecule has 0 bridgehead atoms. The lowest BCUT2D eigenvalue weighted by molar-refractivity contribution is 0.0233. The third-order valence-corrected chi connectivity index (χ3v) is 8.08. The number of methoxy groups -OCH3 is 1. The lowest BCUT2D eigenvalue weighted by Gasteiger charge is -2.42. The number of hydrogen-bond acceptors (Lipinski definition) is 6. The Morgan fingerprint density at radius 2 is 1.77 bits per heavy atom.